The van der Waals surface area contributed by atoms with Gasteiger partial charge in [-0.3, -0.25) is 9.59 Å². The summed E-state index contributed by atoms with van der Waals surface area (Å²) >= 11 is 0. The summed E-state index contributed by atoms with van der Waals surface area (Å²) in [5.74, 6) is 5.16. The maximum Gasteiger partial charge on any atom is 0.303 e. The molecule has 0 bridgehead atoms. The molecule has 1 aliphatic rings. The third kappa shape index (κ3) is 5.89. The van der Waals surface area contributed by atoms with Crippen molar-refractivity contribution in [2.75, 3.05) is 6.61 Å². The first-order valence-electron chi connectivity index (χ1n) is 6.65. The van der Waals surface area contributed by atoms with Crippen LogP contribution < -0.4 is 0 Å². The number of ether oxygens (including phenoxy) is 3. The quantitative estimate of drug-likeness (QED) is 0.445. The molecule has 0 saturated heterocycles. The Bertz CT molecular complexity index is 429. The van der Waals surface area contributed by atoms with Crippen molar-refractivity contribution < 1.29 is 23.8 Å². The second kappa shape index (κ2) is 8.39. The van der Waals surface area contributed by atoms with Gasteiger partial charge in [-0.2, -0.15) is 0 Å². The van der Waals surface area contributed by atoms with Crippen molar-refractivity contribution >= 4 is 11.9 Å². The number of esters is 2. The summed E-state index contributed by atoms with van der Waals surface area (Å²) in [6.07, 6.45) is 3.80. The van der Waals surface area contributed by atoms with E-state index >= 15 is 0 Å². The lowest BCUT2D eigenvalue weighted by molar-refractivity contribution is -0.161. The van der Waals surface area contributed by atoms with Crippen LogP contribution in [0.25, 0.3) is 0 Å². The third-order valence-electron chi connectivity index (χ3n) is 2.54. The molecule has 1 aliphatic heterocycles. The highest BCUT2D eigenvalue weighted by Crippen LogP contribution is 2.16. The zero-order valence-corrected chi connectivity index (χ0v) is 12.0. The number of hydrogen-bond donors (Lipinski definition) is 0. The van der Waals surface area contributed by atoms with Crippen LogP contribution >= 0.6 is 0 Å². The molecule has 0 N–H and O–H groups in total. The predicted octanol–water partition coefficient (Wildman–Crippen LogP) is 1.61. The largest absolute Gasteiger partial charge is 0.463 e. The second-order valence-corrected chi connectivity index (χ2v) is 4.43. The lowest BCUT2D eigenvalue weighted by Crippen LogP contribution is -2.41. The van der Waals surface area contributed by atoms with Crippen molar-refractivity contribution in [2.24, 2.45) is 0 Å². The predicted molar refractivity (Wildman–Crippen MR) is 72.7 cm³/mol. The Hall–Kier alpha value is -1.80. The van der Waals surface area contributed by atoms with Crippen molar-refractivity contribution in [3.05, 3.63) is 12.2 Å². The molecule has 0 aromatic rings. The van der Waals surface area contributed by atoms with Crippen LogP contribution in [0.5, 0.6) is 0 Å². The SMILES string of the molecule is CCCC#C[C@@H]1C=C[C@H](OC(C)=O)[C@@H](COC(C)=O)O1. The Morgan fingerprint density at radius 1 is 1.25 bits per heavy atom. The van der Waals surface area contributed by atoms with Gasteiger partial charge in [-0.25, -0.2) is 0 Å². The minimum atomic E-state index is -0.559. The highest BCUT2D eigenvalue weighted by atomic mass is 16.6. The molecule has 0 aromatic carbocycles. The summed E-state index contributed by atoms with van der Waals surface area (Å²) < 4.78 is 15.7. The summed E-state index contributed by atoms with van der Waals surface area (Å²) in [6.45, 7) is 4.72. The monoisotopic (exact) mass is 280 g/mol. The van der Waals surface area contributed by atoms with Crippen LogP contribution in [-0.2, 0) is 23.8 Å². The molecule has 5 heteroatoms. The van der Waals surface area contributed by atoms with Gasteiger partial charge in [-0.15, -0.1) is 5.92 Å². The fourth-order valence-corrected chi connectivity index (χ4v) is 1.67. The molecule has 20 heavy (non-hydrogen) atoms. The minimum Gasteiger partial charge on any atom is -0.463 e. The van der Waals surface area contributed by atoms with Crippen LogP contribution in [-0.4, -0.2) is 36.9 Å². The van der Waals surface area contributed by atoms with E-state index in [0.29, 0.717) is 0 Å². The first kappa shape index (κ1) is 16.3. The maximum atomic E-state index is 11.0. The number of rotatable bonds is 4. The fourth-order valence-electron chi connectivity index (χ4n) is 1.67. The Balaban J connectivity index is 2.69. The van der Waals surface area contributed by atoms with Gasteiger partial charge in [-0.05, 0) is 18.6 Å². The molecule has 0 radical (unpaired) electrons. The summed E-state index contributed by atoms with van der Waals surface area (Å²) in [5, 5.41) is 0. The van der Waals surface area contributed by atoms with Crippen LogP contribution in [0.2, 0.25) is 0 Å². The Kier molecular flexibility index (Phi) is 6.82. The average molecular weight is 280 g/mol. The number of unbranched alkanes of at least 4 members (excludes halogenated alkanes) is 1. The zero-order chi connectivity index (χ0) is 15.0. The standard InChI is InChI=1S/C15H20O5/c1-4-5-6-7-13-8-9-14(19-12(3)17)15(20-13)10-18-11(2)16/h8-9,13-15H,4-5,10H2,1-3H3/t13-,14+,15-/m1/s1. The summed E-state index contributed by atoms with van der Waals surface area (Å²) in [7, 11) is 0. The van der Waals surface area contributed by atoms with Gasteiger partial charge in [0.1, 0.15) is 24.9 Å². The molecule has 1 heterocycles. The fraction of sp³-hybridized carbons (Fsp3) is 0.600. The molecule has 0 fully saturated rings. The zero-order valence-electron chi connectivity index (χ0n) is 12.0. The molecule has 3 atom stereocenters. The third-order valence-corrected chi connectivity index (χ3v) is 2.54. The molecule has 110 valence electrons. The number of carbonyl (C=O) groups excluding carboxylic acids is 2. The van der Waals surface area contributed by atoms with Gasteiger partial charge in [0.05, 0.1) is 0 Å². The van der Waals surface area contributed by atoms with Crippen molar-refractivity contribution in [3.63, 3.8) is 0 Å². The smallest absolute Gasteiger partial charge is 0.303 e. The van der Waals surface area contributed by atoms with E-state index in [2.05, 4.69) is 11.8 Å². The topological polar surface area (TPSA) is 61.8 Å². The van der Waals surface area contributed by atoms with Crippen molar-refractivity contribution in [3.8, 4) is 11.8 Å². The lowest BCUT2D eigenvalue weighted by Gasteiger charge is -2.29. The summed E-state index contributed by atoms with van der Waals surface area (Å²) in [6, 6.07) is 0. The van der Waals surface area contributed by atoms with E-state index in [4.69, 9.17) is 14.2 Å². The van der Waals surface area contributed by atoms with Gasteiger partial charge in [0.25, 0.3) is 0 Å². The van der Waals surface area contributed by atoms with Gasteiger partial charge in [0.15, 0.2) is 0 Å². The van der Waals surface area contributed by atoms with E-state index in [1.807, 2.05) is 6.92 Å². The van der Waals surface area contributed by atoms with Gasteiger partial charge in [0.2, 0.25) is 0 Å². The molecule has 1 rings (SSSR count). The number of carbonyl (C=O) groups is 2. The van der Waals surface area contributed by atoms with E-state index in [1.54, 1.807) is 12.2 Å². The highest BCUT2D eigenvalue weighted by molar-refractivity contribution is 5.66. The molecular formula is C15H20O5. The van der Waals surface area contributed by atoms with Crippen molar-refractivity contribution in [2.45, 2.75) is 51.9 Å². The van der Waals surface area contributed by atoms with E-state index in [-0.39, 0.29) is 12.7 Å². The van der Waals surface area contributed by atoms with Crippen LogP contribution in [0.1, 0.15) is 33.6 Å². The molecule has 5 nitrogen and oxygen atoms in total. The van der Waals surface area contributed by atoms with Crippen LogP contribution in [0.3, 0.4) is 0 Å². The second-order valence-electron chi connectivity index (χ2n) is 4.43. The normalized spacial score (nSPS) is 24.4. The summed E-state index contributed by atoms with van der Waals surface area (Å²) in [5.41, 5.74) is 0. The molecule has 0 spiro atoms. The molecule has 0 unspecified atom stereocenters. The Labute approximate surface area is 119 Å². The van der Waals surface area contributed by atoms with Crippen molar-refractivity contribution in [1.82, 2.24) is 0 Å². The average Bonchev–Trinajstić information content (AvgIpc) is 2.38. The van der Waals surface area contributed by atoms with E-state index < -0.39 is 24.1 Å². The molecule has 0 aromatic heterocycles. The van der Waals surface area contributed by atoms with Crippen LogP contribution in [0.15, 0.2) is 12.2 Å². The van der Waals surface area contributed by atoms with Gasteiger partial charge < -0.3 is 14.2 Å². The Morgan fingerprint density at radius 3 is 2.60 bits per heavy atom. The minimum absolute atomic E-state index is 0.0313. The van der Waals surface area contributed by atoms with Gasteiger partial charge in [0, 0.05) is 20.3 Å². The van der Waals surface area contributed by atoms with Crippen LogP contribution in [0.4, 0.5) is 0 Å². The van der Waals surface area contributed by atoms with E-state index in [1.165, 1.54) is 13.8 Å². The summed E-state index contributed by atoms with van der Waals surface area (Å²) in [4.78, 5) is 21.9. The highest BCUT2D eigenvalue weighted by Gasteiger charge is 2.29. The van der Waals surface area contributed by atoms with Crippen LogP contribution in [0, 0.1) is 11.8 Å². The first-order chi connectivity index (χ1) is 9.52. The van der Waals surface area contributed by atoms with Crippen molar-refractivity contribution in [1.29, 1.82) is 0 Å². The lowest BCUT2D eigenvalue weighted by atomic mass is 10.1. The van der Waals surface area contributed by atoms with Gasteiger partial charge >= 0.3 is 11.9 Å². The Morgan fingerprint density at radius 2 is 2.00 bits per heavy atom. The molecule has 0 amide bonds. The number of hydrogen-bond acceptors (Lipinski definition) is 5. The van der Waals surface area contributed by atoms with Gasteiger partial charge in [-0.1, -0.05) is 12.8 Å². The van der Waals surface area contributed by atoms with E-state index in [0.717, 1.165) is 12.8 Å². The molecule has 0 saturated carbocycles. The molecular weight excluding hydrogens is 260 g/mol. The van der Waals surface area contributed by atoms with E-state index in [9.17, 15) is 9.59 Å². The first-order valence-corrected chi connectivity index (χ1v) is 6.65. The maximum absolute atomic E-state index is 11.0. The molecule has 0 aliphatic carbocycles.